The number of rotatable bonds is 2. The number of hydrogen-bond donors (Lipinski definition) is 0. The minimum atomic E-state index is -0.375. The highest BCUT2D eigenvalue weighted by Gasteiger charge is 1.76. The van der Waals surface area contributed by atoms with Crippen LogP contribution in [0, 0.1) is 10.1 Å². The van der Waals surface area contributed by atoms with E-state index in [0.29, 0.717) is 11.8 Å². The van der Waals surface area contributed by atoms with E-state index in [-0.39, 0.29) is 11.5 Å². The van der Waals surface area contributed by atoms with E-state index in [2.05, 4.69) is 0 Å². The second-order valence-corrected chi connectivity index (χ2v) is 1.78. The molecule has 5 heteroatoms. The number of hydrogen-bond acceptors (Lipinski definition) is 2. The maximum atomic E-state index is 9.17. The standard InChI is InChI=1S/C2H4Cl2.C2H5NO2/c3-1-2-4;1-2-3(4)5/h1-2H2;2H2,1H3. The molecule has 0 unspecified atom stereocenters. The molecule has 0 atom stereocenters. The van der Waals surface area contributed by atoms with Crippen LogP contribution in [0.15, 0.2) is 0 Å². The summed E-state index contributed by atoms with van der Waals surface area (Å²) in [6.45, 7) is 1.53. The van der Waals surface area contributed by atoms with Gasteiger partial charge < -0.3 is 0 Å². The van der Waals surface area contributed by atoms with Gasteiger partial charge in [-0.25, -0.2) is 0 Å². The van der Waals surface area contributed by atoms with Crippen LogP contribution < -0.4 is 0 Å². The Hall–Kier alpha value is -0.0200. The van der Waals surface area contributed by atoms with Crippen LogP contribution in [-0.2, 0) is 0 Å². The number of nitrogens with zero attached hydrogens (tertiary/aromatic N) is 1. The zero-order valence-corrected chi connectivity index (χ0v) is 6.65. The van der Waals surface area contributed by atoms with Gasteiger partial charge in [0.1, 0.15) is 0 Å². The maximum Gasteiger partial charge on any atom is 0.201 e. The average Bonchev–Trinajstić information content (AvgIpc) is 1.89. The molecule has 0 fully saturated rings. The molecule has 9 heavy (non-hydrogen) atoms. The molecular weight excluding hydrogens is 165 g/mol. The summed E-state index contributed by atoms with van der Waals surface area (Å²) in [5, 5.41) is 9.17. The van der Waals surface area contributed by atoms with E-state index < -0.39 is 0 Å². The third-order valence-corrected chi connectivity index (χ3v) is 0.901. The average molecular weight is 174 g/mol. The second kappa shape index (κ2) is 10.9. The van der Waals surface area contributed by atoms with Gasteiger partial charge in [0, 0.05) is 23.6 Å². The van der Waals surface area contributed by atoms with E-state index in [1.165, 1.54) is 6.92 Å². The van der Waals surface area contributed by atoms with E-state index in [1.807, 2.05) is 0 Å². The van der Waals surface area contributed by atoms with Crippen molar-refractivity contribution in [3.63, 3.8) is 0 Å². The van der Waals surface area contributed by atoms with Gasteiger partial charge in [-0.3, -0.25) is 10.1 Å². The number of nitro groups is 1. The van der Waals surface area contributed by atoms with Crippen molar-refractivity contribution in [1.29, 1.82) is 0 Å². The highest BCUT2D eigenvalue weighted by molar-refractivity contribution is 6.25. The molecule has 0 aliphatic rings. The molecule has 56 valence electrons. The van der Waals surface area contributed by atoms with Crippen molar-refractivity contribution in [2.24, 2.45) is 0 Å². The van der Waals surface area contributed by atoms with Crippen LogP contribution in [0.25, 0.3) is 0 Å². The lowest BCUT2D eigenvalue weighted by atomic mass is 10.8. The van der Waals surface area contributed by atoms with Gasteiger partial charge in [-0.1, -0.05) is 0 Å². The first kappa shape index (κ1) is 11.7. The van der Waals surface area contributed by atoms with E-state index >= 15 is 0 Å². The van der Waals surface area contributed by atoms with Crippen LogP contribution in [0.4, 0.5) is 0 Å². The highest BCUT2D eigenvalue weighted by atomic mass is 35.5. The Morgan fingerprint density at radius 3 is 1.67 bits per heavy atom. The Bertz CT molecular complexity index is 67.6. The molecule has 0 bridgehead atoms. The van der Waals surface area contributed by atoms with Crippen LogP contribution >= 0.6 is 23.2 Å². The van der Waals surface area contributed by atoms with Crippen LogP contribution in [0.1, 0.15) is 6.92 Å². The Balaban J connectivity index is 0. The van der Waals surface area contributed by atoms with Crippen molar-refractivity contribution in [1.82, 2.24) is 0 Å². The lowest BCUT2D eigenvalue weighted by Crippen LogP contribution is -1.92. The SMILES string of the molecule is CC[N+](=O)[O-].ClCCCl. The van der Waals surface area contributed by atoms with E-state index in [0.717, 1.165) is 0 Å². The van der Waals surface area contributed by atoms with Crippen LogP contribution in [-0.4, -0.2) is 23.2 Å². The lowest BCUT2D eigenvalue weighted by molar-refractivity contribution is -0.475. The zero-order valence-electron chi connectivity index (χ0n) is 5.14. The van der Waals surface area contributed by atoms with Gasteiger partial charge in [0.15, 0.2) is 0 Å². The summed E-state index contributed by atoms with van der Waals surface area (Å²) in [7, 11) is 0. The van der Waals surface area contributed by atoms with Gasteiger partial charge in [0.2, 0.25) is 6.54 Å². The molecular formula is C4H9Cl2NO2. The molecule has 0 saturated heterocycles. The quantitative estimate of drug-likeness (QED) is 0.363. The lowest BCUT2D eigenvalue weighted by Gasteiger charge is -1.73. The van der Waals surface area contributed by atoms with Gasteiger partial charge in [-0.2, -0.15) is 0 Å². The van der Waals surface area contributed by atoms with Crippen molar-refractivity contribution >= 4 is 23.2 Å². The first-order valence-electron chi connectivity index (χ1n) is 2.42. The van der Waals surface area contributed by atoms with Gasteiger partial charge >= 0.3 is 0 Å². The fourth-order valence-electron chi connectivity index (χ4n) is 0. The molecule has 0 aromatic heterocycles. The first-order valence-corrected chi connectivity index (χ1v) is 3.49. The topological polar surface area (TPSA) is 43.1 Å². The monoisotopic (exact) mass is 173 g/mol. The number of alkyl halides is 2. The van der Waals surface area contributed by atoms with Gasteiger partial charge in [-0.05, 0) is 0 Å². The fourth-order valence-corrected chi connectivity index (χ4v) is 0. The molecule has 3 nitrogen and oxygen atoms in total. The smallest absolute Gasteiger partial charge is 0.201 e. The molecule has 0 spiro atoms. The summed E-state index contributed by atoms with van der Waals surface area (Å²) in [4.78, 5) is 8.80. The molecule has 0 saturated carbocycles. The van der Waals surface area contributed by atoms with Gasteiger partial charge in [-0.15, -0.1) is 23.2 Å². The third-order valence-electron chi connectivity index (χ3n) is 0.330. The summed E-state index contributed by atoms with van der Waals surface area (Å²) < 4.78 is 0. The van der Waals surface area contributed by atoms with Crippen molar-refractivity contribution < 1.29 is 4.92 Å². The minimum Gasteiger partial charge on any atom is -0.265 e. The van der Waals surface area contributed by atoms with Crippen LogP contribution in [0.5, 0.6) is 0 Å². The van der Waals surface area contributed by atoms with Gasteiger partial charge in [0.25, 0.3) is 0 Å². The zero-order chi connectivity index (χ0) is 7.70. The minimum absolute atomic E-state index is 0.0278. The van der Waals surface area contributed by atoms with E-state index in [4.69, 9.17) is 23.2 Å². The molecule has 0 amide bonds. The molecule has 0 N–H and O–H groups in total. The normalized spacial score (nSPS) is 7.44. The van der Waals surface area contributed by atoms with E-state index in [1.54, 1.807) is 0 Å². The largest absolute Gasteiger partial charge is 0.265 e. The summed E-state index contributed by atoms with van der Waals surface area (Å²) in [5.74, 6) is 1.11. The van der Waals surface area contributed by atoms with E-state index in [9.17, 15) is 10.1 Å². The Kier molecular flexibility index (Phi) is 14.2. The molecule has 0 aliphatic heterocycles. The maximum absolute atomic E-state index is 9.17. The van der Waals surface area contributed by atoms with Crippen molar-refractivity contribution in [3.05, 3.63) is 10.1 Å². The van der Waals surface area contributed by atoms with Gasteiger partial charge in [0.05, 0.1) is 0 Å². The summed E-state index contributed by atoms with van der Waals surface area (Å²) in [6, 6.07) is 0. The van der Waals surface area contributed by atoms with Crippen molar-refractivity contribution in [3.8, 4) is 0 Å². The van der Waals surface area contributed by atoms with Crippen LogP contribution in [0.3, 0.4) is 0 Å². The van der Waals surface area contributed by atoms with Crippen molar-refractivity contribution in [2.75, 3.05) is 18.3 Å². The third kappa shape index (κ3) is 32.1. The van der Waals surface area contributed by atoms with Crippen molar-refractivity contribution in [2.45, 2.75) is 6.92 Å². The molecule has 0 heterocycles. The molecule has 0 aliphatic carbocycles. The fraction of sp³-hybridized carbons (Fsp3) is 1.00. The Morgan fingerprint density at radius 1 is 1.44 bits per heavy atom. The Labute approximate surface area is 64.1 Å². The molecule has 0 radical (unpaired) electrons. The number of halogens is 2. The summed E-state index contributed by atoms with van der Waals surface area (Å²) >= 11 is 10.1. The Morgan fingerprint density at radius 2 is 1.67 bits per heavy atom. The van der Waals surface area contributed by atoms with Crippen LogP contribution in [0.2, 0.25) is 0 Å². The highest BCUT2D eigenvalue weighted by Crippen LogP contribution is 1.75. The first-order chi connectivity index (χ1) is 4.18. The summed E-state index contributed by atoms with van der Waals surface area (Å²) in [6.07, 6.45) is 0. The molecule has 0 aromatic rings. The predicted molar refractivity (Wildman–Crippen MR) is 39.0 cm³/mol. The molecule has 0 rings (SSSR count). The second-order valence-electron chi connectivity index (χ2n) is 1.03. The summed E-state index contributed by atoms with van der Waals surface area (Å²) in [5.41, 5.74) is 0. The molecule has 0 aromatic carbocycles. The predicted octanol–water partition coefficient (Wildman–Crippen LogP) is 1.75.